The maximum Gasteiger partial charge on any atom is 0.254 e. The SMILES string of the molecule is CCC(Cc1[nH]cc[nH+]1)Nc1ccc(N)cc1C.[Cl-]. The lowest BCUT2D eigenvalue weighted by molar-refractivity contribution is -0.388. The Balaban J connectivity index is 0.00000180. The molecule has 2 aromatic rings. The predicted molar refractivity (Wildman–Crippen MR) is 74.3 cm³/mol. The number of hydrogen-bond acceptors (Lipinski definition) is 2. The summed E-state index contributed by atoms with van der Waals surface area (Å²) in [4.78, 5) is 6.39. The molecular formula is C14H21ClN4. The monoisotopic (exact) mass is 280 g/mol. The minimum absolute atomic E-state index is 0. The molecule has 0 aliphatic rings. The summed E-state index contributed by atoms with van der Waals surface area (Å²) in [5.74, 6) is 1.14. The summed E-state index contributed by atoms with van der Waals surface area (Å²) in [7, 11) is 0. The second kappa shape index (κ2) is 7.04. The molecule has 0 radical (unpaired) electrons. The Kier molecular flexibility index (Phi) is 5.70. The number of hydrogen-bond donors (Lipinski definition) is 3. The second-order valence-corrected chi connectivity index (χ2v) is 4.63. The molecular weight excluding hydrogens is 260 g/mol. The highest BCUT2D eigenvalue weighted by atomic mass is 35.5. The van der Waals surface area contributed by atoms with Crippen LogP contribution in [0, 0.1) is 6.92 Å². The Labute approximate surface area is 120 Å². The number of nitrogens with one attached hydrogen (secondary N) is 3. The summed E-state index contributed by atoms with van der Waals surface area (Å²) < 4.78 is 0. The van der Waals surface area contributed by atoms with E-state index in [1.807, 2.05) is 30.6 Å². The van der Waals surface area contributed by atoms with Gasteiger partial charge in [-0.2, -0.15) is 0 Å². The summed E-state index contributed by atoms with van der Waals surface area (Å²) >= 11 is 0. The van der Waals surface area contributed by atoms with Gasteiger partial charge in [-0.05, 0) is 37.1 Å². The summed E-state index contributed by atoms with van der Waals surface area (Å²) in [6.07, 6.45) is 5.84. The normalized spacial score (nSPS) is 11.7. The van der Waals surface area contributed by atoms with Crippen LogP contribution in [0.15, 0.2) is 30.6 Å². The van der Waals surface area contributed by atoms with Crippen LogP contribution < -0.4 is 28.4 Å². The van der Waals surface area contributed by atoms with E-state index in [-0.39, 0.29) is 12.4 Å². The van der Waals surface area contributed by atoms with Crippen LogP contribution in [0.4, 0.5) is 11.4 Å². The van der Waals surface area contributed by atoms with E-state index in [1.165, 1.54) is 5.56 Å². The minimum Gasteiger partial charge on any atom is -1.00 e. The molecule has 2 rings (SSSR count). The molecule has 0 aliphatic heterocycles. The van der Waals surface area contributed by atoms with Crippen LogP contribution in [0.3, 0.4) is 0 Å². The third-order valence-corrected chi connectivity index (χ3v) is 3.15. The van der Waals surface area contributed by atoms with E-state index in [2.05, 4.69) is 29.1 Å². The summed E-state index contributed by atoms with van der Waals surface area (Å²) in [5, 5.41) is 3.57. The van der Waals surface area contributed by atoms with Crippen LogP contribution in [-0.4, -0.2) is 11.0 Å². The van der Waals surface area contributed by atoms with Crippen molar-refractivity contribution >= 4 is 11.4 Å². The summed E-state index contributed by atoms with van der Waals surface area (Å²) in [6.45, 7) is 4.26. The van der Waals surface area contributed by atoms with Crippen molar-refractivity contribution in [3.05, 3.63) is 42.0 Å². The van der Waals surface area contributed by atoms with Gasteiger partial charge in [-0.25, -0.2) is 9.97 Å². The number of H-pyrrole nitrogens is 2. The van der Waals surface area contributed by atoms with E-state index in [0.717, 1.165) is 30.0 Å². The van der Waals surface area contributed by atoms with E-state index in [4.69, 9.17) is 5.73 Å². The molecule has 1 unspecified atom stereocenters. The molecule has 0 fully saturated rings. The molecule has 19 heavy (non-hydrogen) atoms. The number of rotatable bonds is 5. The van der Waals surface area contributed by atoms with Crippen molar-refractivity contribution in [2.75, 3.05) is 11.1 Å². The van der Waals surface area contributed by atoms with E-state index >= 15 is 0 Å². The largest absolute Gasteiger partial charge is 1.00 e. The predicted octanol–water partition coefficient (Wildman–Crippen LogP) is -0.843. The van der Waals surface area contributed by atoms with Crippen LogP contribution in [-0.2, 0) is 6.42 Å². The lowest BCUT2D eigenvalue weighted by Gasteiger charge is -2.18. The number of benzene rings is 1. The molecule has 5 heteroatoms. The highest BCUT2D eigenvalue weighted by Crippen LogP contribution is 2.19. The fourth-order valence-electron chi connectivity index (χ4n) is 2.06. The molecule has 1 aromatic carbocycles. The summed E-state index contributed by atoms with van der Waals surface area (Å²) in [6, 6.07) is 6.38. The van der Waals surface area contributed by atoms with Crippen LogP contribution in [0.25, 0.3) is 0 Å². The first-order chi connectivity index (χ1) is 8.69. The highest BCUT2D eigenvalue weighted by Gasteiger charge is 2.13. The van der Waals surface area contributed by atoms with E-state index in [0.29, 0.717) is 6.04 Å². The Bertz CT molecular complexity index is 496. The van der Waals surface area contributed by atoms with Gasteiger partial charge in [0, 0.05) is 17.4 Å². The second-order valence-electron chi connectivity index (χ2n) is 4.63. The van der Waals surface area contributed by atoms with Gasteiger partial charge in [-0.1, -0.05) is 6.92 Å². The molecule has 5 N–H and O–H groups in total. The Hall–Kier alpha value is -1.68. The van der Waals surface area contributed by atoms with Gasteiger partial charge in [-0.3, -0.25) is 0 Å². The molecule has 0 spiro atoms. The number of halogens is 1. The first-order valence-electron chi connectivity index (χ1n) is 6.35. The molecule has 1 atom stereocenters. The quantitative estimate of drug-likeness (QED) is 0.625. The molecule has 0 bridgehead atoms. The fourth-order valence-corrected chi connectivity index (χ4v) is 2.06. The number of aromatic nitrogens is 2. The third kappa shape index (κ3) is 4.17. The molecule has 0 saturated heterocycles. The van der Waals surface area contributed by atoms with Crippen LogP contribution >= 0.6 is 0 Å². The van der Waals surface area contributed by atoms with E-state index < -0.39 is 0 Å². The smallest absolute Gasteiger partial charge is 0.254 e. The standard InChI is InChI=1S/C14H20N4.ClH/c1-3-12(9-14-16-6-7-17-14)18-13-5-4-11(15)8-10(13)2;/h4-8,12,18H,3,9,15H2,1-2H3,(H,16,17);1H. The number of nitrogens with two attached hydrogens (primary N) is 1. The van der Waals surface area contributed by atoms with Crippen molar-refractivity contribution in [2.45, 2.75) is 32.7 Å². The topological polar surface area (TPSA) is 68.0 Å². The van der Waals surface area contributed by atoms with Gasteiger partial charge < -0.3 is 23.5 Å². The van der Waals surface area contributed by atoms with Crippen LogP contribution in [0.2, 0.25) is 0 Å². The zero-order valence-corrected chi connectivity index (χ0v) is 12.1. The minimum atomic E-state index is 0. The highest BCUT2D eigenvalue weighted by molar-refractivity contribution is 5.57. The van der Waals surface area contributed by atoms with Crippen molar-refractivity contribution in [3.63, 3.8) is 0 Å². The molecule has 4 nitrogen and oxygen atoms in total. The average molecular weight is 281 g/mol. The van der Waals surface area contributed by atoms with Crippen molar-refractivity contribution in [1.29, 1.82) is 0 Å². The van der Waals surface area contributed by atoms with Crippen molar-refractivity contribution in [1.82, 2.24) is 4.98 Å². The van der Waals surface area contributed by atoms with Gasteiger partial charge in [0.15, 0.2) is 0 Å². The maximum absolute atomic E-state index is 5.76. The van der Waals surface area contributed by atoms with Gasteiger partial charge in [0.05, 0.1) is 6.42 Å². The molecule has 0 saturated carbocycles. The van der Waals surface area contributed by atoms with Gasteiger partial charge >= 0.3 is 0 Å². The van der Waals surface area contributed by atoms with Crippen LogP contribution in [0.5, 0.6) is 0 Å². The number of anilines is 2. The number of nitrogen functional groups attached to an aromatic ring is 1. The third-order valence-electron chi connectivity index (χ3n) is 3.15. The molecule has 0 amide bonds. The number of aryl methyl sites for hydroxylation is 1. The first-order valence-corrected chi connectivity index (χ1v) is 6.35. The van der Waals surface area contributed by atoms with Crippen molar-refractivity contribution in [3.8, 4) is 0 Å². The van der Waals surface area contributed by atoms with E-state index in [9.17, 15) is 0 Å². The zero-order chi connectivity index (χ0) is 13.0. The van der Waals surface area contributed by atoms with Gasteiger partial charge in [0.2, 0.25) is 0 Å². The number of aromatic amines is 2. The molecule has 1 heterocycles. The van der Waals surface area contributed by atoms with Crippen molar-refractivity contribution in [2.24, 2.45) is 0 Å². The van der Waals surface area contributed by atoms with E-state index in [1.54, 1.807) is 0 Å². The van der Waals surface area contributed by atoms with Gasteiger partial charge in [0.1, 0.15) is 12.4 Å². The zero-order valence-electron chi connectivity index (χ0n) is 11.3. The molecule has 0 aliphatic carbocycles. The average Bonchev–Trinajstić information content (AvgIpc) is 2.84. The Morgan fingerprint density at radius 3 is 2.79 bits per heavy atom. The fraction of sp³-hybridized carbons (Fsp3) is 0.357. The van der Waals surface area contributed by atoms with Crippen LogP contribution in [0.1, 0.15) is 24.7 Å². The lowest BCUT2D eigenvalue weighted by atomic mass is 10.1. The Morgan fingerprint density at radius 2 is 2.21 bits per heavy atom. The summed E-state index contributed by atoms with van der Waals surface area (Å²) in [5.41, 5.74) is 8.91. The lowest BCUT2D eigenvalue weighted by Crippen LogP contribution is -3.00. The van der Waals surface area contributed by atoms with Gasteiger partial charge in [-0.15, -0.1) is 0 Å². The molecule has 1 aromatic heterocycles. The first kappa shape index (κ1) is 15.4. The number of imidazole rings is 1. The Morgan fingerprint density at radius 1 is 1.42 bits per heavy atom. The van der Waals surface area contributed by atoms with Crippen molar-refractivity contribution < 1.29 is 17.4 Å². The molecule has 104 valence electrons. The van der Waals surface area contributed by atoms with Gasteiger partial charge in [0.25, 0.3) is 5.82 Å². The maximum atomic E-state index is 5.76.